The SMILES string of the molecule is CCOC1(C(Cc2ncnn2C)NN)CCCC(C)C1. The van der Waals surface area contributed by atoms with Crippen molar-refractivity contribution in [2.75, 3.05) is 6.61 Å². The molecule has 114 valence electrons. The molecule has 0 radical (unpaired) electrons. The van der Waals surface area contributed by atoms with Crippen LogP contribution in [0, 0.1) is 5.92 Å². The number of nitrogens with two attached hydrogens (primary N) is 1. The lowest BCUT2D eigenvalue weighted by Gasteiger charge is -2.45. The maximum absolute atomic E-state index is 6.18. The Morgan fingerprint density at radius 3 is 3.00 bits per heavy atom. The second-order valence-electron chi connectivity index (χ2n) is 5.92. The summed E-state index contributed by atoms with van der Waals surface area (Å²) in [7, 11) is 1.91. The zero-order valence-corrected chi connectivity index (χ0v) is 12.8. The fourth-order valence-electron chi connectivity index (χ4n) is 3.46. The van der Waals surface area contributed by atoms with E-state index in [0.29, 0.717) is 12.5 Å². The minimum Gasteiger partial charge on any atom is -0.374 e. The molecule has 1 heterocycles. The van der Waals surface area contributed by atoms with E-state index in [-0.39, 0.29) is 11.6 Å². The topological polar surface area (TPSA) is 78.0 Å². The average Bonchev–Trinajstić information content (AvgIpc) is 2.81. The van der Waals surface area contributed by atoms with Gasteiger partial charge in [0.05, 0.1) is 11.6 Å². The number of hydrogen-bond donors (Lipinski definition) is 2. The molecule has 0 aliphatic heterocycles. The highest BCUT2D eigenvalue weighted by Gasteiger charge is 2.42. The van der Waals surface area contributed by atoms with Gasteiger partial charge in [0.1, 0.15) is 12.2 Å². The summed E-state index contributed by atoms with van der Waals surface area (Å²) in [6.45, 7) is 5.06. The Balaban J connectivity index is 2.18. The number of aryl methyl sites for hydroxylation is 1. The highest BCUT2D eigenvalue weighted by Crippen LogP contribution is 2.38. The van der Waals surface area contributed by atoms with Gasteiger partial charge in [-0.05, 0) is 25.7 Å². The van der Waals surface area contributed by atoms with Gasteiger partial charge in [-0.1, -0.05) is 19.8 Å². The molecule has 2 rings (SSSR count). The van der Waals surface area contributed by atoms with Crippen LogP contribution in [0.4, 0.5) is 0 Å². The van der Waals surface area contributed by atoms with Crippen LogP contribution < -0.4 is 11.3 Å². The zero-order valence-electron chi connectivity index (χ0n) is 12.8. The van der Waals surface area contributed by atoms with Crippen molar-refractivity contribution in [3.8, 4) is 0 Å². The molecule has 1 fully saturated rings. The first-order valence-electron chi connectivity index (χ1n) is 7.54. The zero-order chi connectivity index (χ0) is 14.6. The van der Waals surface area contributed by atoms with Crippen LogP contribution in [-0.2, 0) is 18.2 Å². The van der Waals surface area contributed by atoms with Crippen molar-refractivity contribution >= 4 is 0 Å². The van der Waals surface area contributed by atoms with Crippen molar-refractivity contribution in [1.29, 1.82) is 0 Å². The Bertz CT molecular complexity index is 417. The van der Waals surface area contributed by atoms with Crippen molar-refractivity contribution in [2.45, 2.75) is 57.6 Å². The Kier molecular flexibility index (Phi) is 5.12. The van der Waals surface area contributed by atoms with E-state index in [4.69, 9.17) is 10.6 Å². The van der Waals surface area contributed by atoms with Crippen LogP contribution in [0.25, 0.3) is 0 Å². The van der Waals surface area contributed by atoms with Crippen LogP contribution in [0.1, 0.15) is 45.4 Å². The molecule has 0 saturated heterocycles. The molecule has 3 atom stereocenters. The van der Waals surface area contributed by atoms with Gasteiger partial charge < -0.3 is 4.74 Å². The predicted molar refractivity (Wildman–Crippen MR) is 77.8 cm³/mol. The van der Waals surface area contributed by atoms with E-state index in [1.807, 2.05) is 7.05 Å². The molecule has 1 aromatic rings. The molecule has 1 saturated carbocycles. The molecule has 1 aliphatic rings. The van der Waals surface area contributed by atoms with E-state index in [0.717, 1.165) is 25.1 Å². The van der Waals surface area contributed by atoms with Gasteiger partial charge in [-0.2, -0.15) is 5.10 Å². The van der Waals surface area contributed by atoms with E-state index in [1.165, 1.54) is 12.8 Å². The van der Waals surface area contributed by atoms with Crippen LogP contribution in [0.3, 0.4) is 0 Å². The summed E-state index contributed by atoms with van der Waals surface area (Å²) >= 11 is 0. The van der Waals surface area contributed by atoms with Gasteiger partial charge in [0.15, 0.2) is 0 Å². The first-order valence-corrected chi connectivity index (χ1v) is 7.54. The molecule has 0 aromatic carbocycles. The molecule has 0 amide bonds. The molecular weight excluding hydrogens is 254 g/mol. The number of nitrogens with one attached hydrogen (secondary N) is 1. The summed E-state index contributed by atoms with van der Waals surface area (Å²) in [5, 5.41) is 4.13. The molecule has 6 nitrogen and oxygen atoms in total. The summed E-state index contributed by atoms with van der Waals surface area (Å²) in [4.78, 5) is 4.31. The number of ether oxygens (including phenoxy) is 1. The lowest BCUT2D eigenvalue weighted by molar-refractivity contribution is -0.101. The lowest BCUT2D eigenvalue weighted by atomic mass is 9.73. The van der Waals surface area contributed by atoms with Crippen LogP contribution in [-0.4, -0.2) is 33.0 Å². The van der Waals surface area contributed by atoms with E-state index in [9.17, 15) is 0 Å². The van der Waals surface area contributed by atoms with Crippen molar-refractivity contribution < 1.29 is 4.74 Å². The van der Waals surface area contributed by atoms with E-state index < -0.39 is 0 Å². The Morgan fingerprint density at radius 2 is 2.45 bits per heavy atom. The maximum Gasteiger partial charge on any atom is 0.138 e. The largest absolute Gasteiger partial charge is 0.374 e. The summed E-state index contributed by atoms with van der Waals surface area (Å²) in [6.07, 6.45) is 6.89. The van der Waals surface area contributed by atoms with E-state index >= 15 is 0 Å². The second kappa shape index (κ2) is 6.65. The van der Waals surface area contributed by atoms with E-state index in [1.54, 1.807) is 11.0 Å². The van der Waals surface area contributed by atoms with Crippen LogP contribution in [0.15, 0.2) is 6.33 Å². The molecule has 3 N–H and O–H groups in total. The molecule has 0 bridgehead atoms. The number of nitrogens with zero attached hydrogens (tertiary/aromatic N) is 3. The van der Waals surface area contributed by atoms with Crippen LogP contribution >= 0.6 is 0 Å². The van der Waals surface area contributed by atoms with Crippen molar-refractivity contribution in [3.05, 3.63) is 12.2 Å². The van der Waals surface area contributed by atoms with Gasteiger partial charge in [0.25, 0.3) is 0 Å². The second-order valence-corrected chi connectivity index (χ2v) is 5.92. The predicted octanol–water partition coefficient (Wildman–Crippen LogP) is 1.17. The minimum atomic E-state index is -0.187. The third-order valence-electron chi connectivity index (χ3n) is 4.45. The summed E-state index contributed by atoms with van der Waals surface area (Å²) in [6, 6.07) is 0.0631. The van der Waals surface area contributed by atoms with Crippen molar-refractivity contribution in [3.63, 3.8) is 0 Å². The molecule has 1 aliphatic carbocycles. The third kappa shape index (κ3) is 3.19. The number of hydrazine groups is 1. The summed E-state index contributed by atoms with van der Waals surface area (Å²) < 4.78 is 7.98. The third-order valence-corrected chi connectivity index (χ3v) is 4.45. The smallest absolute Gasteiger partial charge is 0.138 e. The molecule has 1 aromatic heterocycles. The Hall–Kier alpha value is -0.980. The average molecular weight is 281 g/mol. The Labute approximate surface area is 121 Å². The van der Waals surface area contributed by atoms with Gasteiger partial charge in [-0.25, -0.2) is 4.98 Å². The van der Waals surface area contributed by atoms with E-state index in [2.05, 4.69) is 29.4 Å². The Morgan fingerprint density at radius 1 is 1.65 bits per heavy atom. The molecule has 20 heavy (non-hydrogen) atoms. The monoisotopic (exact) mass is 281 g/mol. The number of hydrogen-bond acceptors (Lipinski definition) is 5. The fourth-order valence-corrected chi connectivity index (χ4v) is 3.46. The van der Waals surface area contributed by atoms with Gasteiger partial charge in [0, 0.05) is 20.1 Å². The fraction of sp³-hybridized carbons (Fsp3) is 0.857. The normalized spacial score (nSPS) is 28.5. The molecule has 6 heteroatoms. The van der Waals surface area contributed by atoms with Crippen molar-refractivity contribution in [2.24, 2.45) is 18.8 Å². The standard InChI is InChI=1S/C14H27N5O/c1-4-20-14(7-5-6-11(2)9-14)12(18-15)8-13-16-10-17-19(13)3/h10-12,18H,4-9,15H2,1-3H3. The number of aromatic nitrogens is 3. The quantitative estimate of drug-likeness (QED) is 0.604. The maximum atomic E-state index is 6.18. The van der Waals surface area contributed by atoms with Crippen LogP contribution in [0.5, 0.6) is 0 Å². The van der Waals surface area contributed by atoms with Crippen molar-refractivity contribution in [1.82, 2.24) is 20.2 Å². The van der Waals surface area contributed by atoms with Gasteiger partial charge in [-0.3, -0.25) is 16.0 Å². The lowest BCUT2D eigenvalue weighted by Crippen LogP contribution is -2.58. The van der Waals surface area contributed by atoms with Gasteiger partial charge in [0.2, 0.25) is 0 Å². The highest BCUT2D eigenvalue weighted by molar-refractivity contribution is 5.01. The molecule has 0 spiro atoms. The first kappa shape index (κ1) is 15.4. The summed E-state index contributed by atoms with van der Waals surface area (Å²) in [5.41, 5.74) is 2.79. The van der Waals surface area contributed by atoms with Gasteiger partial charge in [-0.15, -0.1) is 0 Å². The van der Waals surface area contributed by atoms with Gasteiger partial charge >= 0.3 is 0 Å². The molecule has 3 unspecified atom stereocenters. The minimum absolute atomic E-state index is 0.0631. The van der Waals surface area contributed by atoms with Crippen LogP contribution in [0.2, 0.25) is 0 Å². The molecular formula is C14H27N5O. The number of rotatable bonds is 6. The summed E-state index contributed by atoms with van der Waals surface area (Å²) in [5.74, 6) is 7.45. The highest BCUT2D eigenvalue weighted by atomic mass is 16.5. The first-order chi connectivity index (χ1) is 9.61.